The van der Waals surface area contributed by atoms with E-state index in [4.69, 9.17) is 5.21 Å². The van der Waals surface area contributed by atoms with E-state index in [0.29, 0.717) is 11.1 Å². The summed E-state index contributed by atoms with van der Waals surface area (Å²) in [4.78, 5) is 28.1. The van der Waals surface area contributed by atoms with Crippen LogP contribution >= 0.6 is 0 Å². The van der Waals surface area contributed by atoms with Crippen molar-refractivity contribution in [2.24, 2.45) is 0 Å². The van der Waals surface area contributed by atoms with Crippen LogP contribution in [0.1, 0.15) is 55.6 Å². The van der Waals surface area contributed by atoms with E-state index in [1.807, 2.05) is 12.1 Å². The van der Waals surface area contributed by atoms with Gasteiger partial charge in [0.15, 0.2) is 0 Å². The van der Waals surface area contributed by atoms with Crippen LogP contribution < -0.4 is 16.1 Å². The van der Waals surface area contributed by atoms with E-state index in [0.717, 1.165) is 30.8 Å². The van der Waals surface area contributed by atoms with Gasteiger partial charge in [-0.25, -0.2) is 10.5 Å². The van der Waals surface area contributed by atoms with Crippen molar-refractivity contribution in [1.82, 2.24) is 15.8 Å². The standard InChI is InChI=1S/C22H26N4O4.CH4/c1-3-4-13-23-19-12-9-17(14-24-19)6-5-16-7-10-18(11-8-16)21(28)25-20(15(2)27)22(29)26-30;/h7-12,14-15,20,27,30H,3-4,13H2,1-2H3,(H,23,24)(H,25,28)(H,26,29);1H4/t15-,20+;/m1./s1. The van der Waals surface area contributed by atoms with Gasteiger partial charge >= 0.3 is 0 Å². The summed E-state index contributed by atoms with van der Waals surface area (Å²) < 4.78 is 0. The van der Waals surface area contributed by atoms with Crippen molar-refractivity contribution in [2.75, 3.05) is 11.9 Å². The van der Waals surface area contributed by atoms with Gasteiger partial charge in [0.1, 0.15) is 11.9 Å². The maximum Gasteiger partial charge on any atom is 0.268 e. The van der Waals surface area contributed by atoms with Gasteiger partial charge in [0.25, 0.3) is 11.8 Å². The maximum absolute atomic E-state index is 12.3. The SMILES string of the molecule is C.CCCCNc1ccc(C#Cc2ccc(C(=O)N[C@H](C(=O)NO)[C@@H](C)O)cc2)cn1. The van der Waals surface area contributed by atoms with Crippen molar-refractivity contribution in [2.45, 2.75) is 46.3 Å². The van der Waals surface area contributed by atoms with Crippen molar-refractivity contribution in [1.29, 1.82) is 0 Å². The third kappa shape index (κ3) is 8.09. The highest BCUT2D eigenvalue weighted by Crippen LogP contribution is 2.07. The second-order valence-corrected chi connectivity index (χ2v) is 6.71. The molecular weight excluding hydrogens is 396 g/mol. The lowest BCUT2D eigenvalue weighted by Crippen LogP contribution is -2.51. The Kier molecular flexibility index (Phi) is 10.8. The van der Waals surface area contributed by atoms with Gasteiger partial charge in [0.05, 0.1) is 6.10 Å². The van der Waals surface area contributed by atoms with Crippen LogP contribution in [0, 0.1) is 11.8 Å². The number of aromatic nitrogens is 1. The van der Waals surface area contributed by atoms with Crippen molar-refractivity contribution >= 4 is 17.6 Å². The van der Waals surface area contributed by atoms with Gasteiger partial charge in [0, 0.05) is 29.4 Å². The van der Waals surface area contributed by atoms with Crippen LogP contribution in [0.4, 0.5) is 5.82 Å². The van der Waals surface area contributed by atoms with E-state index < -0.39 is 24.0 Å². The molecule has 0 bridgehead atoms. The molecule has 2 amide bonds. The molecule has 0 aliphatic heterocycles. The summed E-state index contributed by atoms with van der Waals surface area (Å²) in [6.07, 6.45) is 2.74. The largest absolute Gasteiger partial charge is 0.391 e. The van der Waals surface area contributed by atoms with Gasteiger partial charge in [0.2, 0.25) is 0 Å². The average molecular weight is 427 g/mol. The molecule has 2 aromatic rings. The first kappa shape index (κ1) is 25.6. The lowest BCUT2D eigenvalue weighted by atomic mass is 10.1. The molecule has 0 saturated carbocycles. The molecule has 5 N–H and O–H groups in total. The zero-order valence-corrected chi connectivity index (χ0v) is 17.0. The third-order valence-electron chi connectivity index (χ3n) is 4.26. The number of hydrogen-bond donors (Lipinski definition) is 5. The normalized spacial score (nSPS) is 11.7. The number of nitrogens with zero attached hydrogens (tertiary/aromatic N) is 1. The Morgan fingerprint density at radius 1 is 1.10 bits per heavy atom. The van der Waals surface area contributed by atoms with Crippen LogP contribution in [0.5, 0.6) is 0 Å². The predicted molar refractivity (Wildman–Crippen MR) is 120 cm³/mol. The number of aliphatic hydroxyl groups excluding tert-OH is 1. The first-order valence-electron chi connectivity index (χ1n) is 9.69. The number of benzene rings is 1. The van der Waals surface area contributed by atoms with E-state index in [1.165, 1.54) is 12.4 Å². The van der Waals surface area contributed by atoms with E-state index >= 15 is 0 Å². The quantitative estimate of drug-likeness (QED) is 0.191. The number of carbonyl (C=O) groups is 2. The molecule has 0 radical (unpaired) electrons. The number of hydrogen-bond acceptors (Lipinski definition) is 6. The summed E-state index contributed by atoms with van der Waals surface area (Å²) in [6.45, 7) is 4.35. The van der Waals surface area contributed by atoms with E-state index in [9.17, 15) is 14.7 Å². The Bertz CT molecular complexity index is 900. The Morgan fingerprint density at radius 3 is 2.29 bits per heavy atom. The topological polar surface area (TPSA) is 124 Å². The van der Waals surface area contributed by atoms with Gasteiger partial charge in [-0.1, -0.05) is 32.6 Å². The van der Waals surface area contributed by atoms with Crippen molar-refractivity contribution in [3.8, 4) is 11.8 Å². The van der Waals surface area contributed by atoms with Crippen molar-refractivity contribution in [3.63, 3.8) is 0 Å². The molecule has 0 aliphatic carbocycles. The highest BCUT2D eigenvalue weighted by Gasteiger charge is 2.25. The molecule has 0 fully saturated rings. The minimum atomic E-state index is -1.27. The zero-order chi connectivity index (χ0) is 21.9. The van der Waals surface area contributed by atoms with Crippen molar-refractivity contribution in [3.05, 3.63) is 59.3 Å². The molecule has 1 heterocycles. The summed E-state index contributed by atoms with van der Waals surface area (Å²) in [5, 5.41) is 23.9. The Morgan fingerprint density at radius 2 is 1.74 bits per heavy atom. The molecule has 0 unspecified atom stereocenters. The number of pyridine rings is 1. The predicted octanol–water partition coefficient (Wildman–Crippen LogP) is 2.31. The lowest BCUT2D eigenvalue weighted by Gasteiger charge is -2.19. The fourth-order valence-corrected chi connectivity index (χ4v) is 2.51. The molecule has 0 spiro atoms. The van der Waals surface area contributed by atoms with Crippen molar-refractivity contribution < 1.29 is 19.9 Å². The van der Waals surface area contributed by atoms with Crippen LogP contribution in [0.3, 0.4) is 0 Å². The molecule has 1 aromatic carbocycles. The van der Waals surface area contributed by atoms with Crippen LogP contribution in [-0.2, 0) is 4.79 Å². The number of carbonyl (C=O) groups excluding carboxylic acids is 2. The average Bonchev–Trinajstić information content (AvgIpc) is 2.76. The van der Waals surface area contributed by atoms with Gasteiger partial charge in [-0.2, -0.15) is 0 Å². The third-order valence-corrected chi connectivity index (χ3v) is 4.26. The molecule has 1 aromatic heterocycles. The van der Waals surface area contributed by atoms with E-state index in [-0.39, 0.29) is 7.43 Å². The molecule has 8 nitrogen and oxygen atoms in total. The number of amides is 2. The molecule has 31 heavy (non-hydrogen) atoms. The summed E-state index contributed by atoms with van der Waals surface area (Å²) in [6, 6.07) is 8.99. The van der Waals surface area contributed by atoms with Gasteiger partial charge < -0.3 is 15.7 Å². The number of aliphatic hydroxyl groups is 1. The summed E-state index contributed by atoms with van der Waals surface area (Å²) in [7, 11) is 0. The molecule has 8 heteroatoms. The number of anilines is 1. The van der Waals surface area contributed by atoms with Gasteiger partial charge in [-0.3, -0.25) is 14.8 Å². The summed E-state index contributed by atoms with van der Waals surface area (Å²) >= 11 is 0. The Hall–Kier alpha value is -3.41. The zero-order valence-electron chi connectivity index (χ0n) is 17.0. The first-order valence-corrected chi connectivity index (χ1v) is 9.69. The van der Waals surface area contributed by atoms with Crippen LogP contribution in [0.2, 0.25) is 0 Å². The first-order chi connectivity index (χ1) is 14.4. The fourth-order valence-electron chi connectivity index (χ4n) is 2.51. The number of nitrogens with one attached hydrogen (secondary N) is 3. The molecule has 2 atom stereocenters. The van der Waals surface area contributed by atoms with E-state index in [1.54, 1.807) is 30.5 Å². The fraction of sp³-hybridized carbons (Fsp3) is 0.348. The lowest BCUT2D eigenvalue weighted by molar-refractivity contribution is -0.133. The smallest absolute Gasteiger partial charge is 0.268 e. The molecule has 2 rings (SSSR count). The summed E-state index contributed by atoms with van der Waals surface area (Å²) in [5.41, 5.74) is 3.19. The minimum Gasteiger partial charge on any atom is -0.391 e. The molecule has 0 aliphatic rings. The van der Waals surface area contributed by atoms with Crippen LogP contribution in [0.25, 0.3) is 0 Å². The monoisotopic (exact) mass is 426 g/mol. The summed E-state index contributed by atoms with van der Waals surface area (Å²) in [5.74, 6) is 5.38. The second kappa shape index (κ2) is 13.0. The number of rotatable bonds is 8. The molecule has 0 saturated heterocycles. The van der Waals surface area contributed by atoms with Crippen LogP contribution in [-0.4, -0.2) is 45.8 Å². The minimum absolute atomic E-state index is 0. The Balaban J connectivity index is 0.00000480. The molecular formula is C23H30N4O4. The maximum atomic E-state index is 12.3. The second-order valence-electron chi connectivity index (χ2n) is 6.71. The molecule has 166 valence electrons. The highest BCUT2D eigenvalue weighted by atomic mass is 16.5. The van der Waals surface area contributed by atoms with Gasteiger partial charge in [-0.15, -0.1) is 0 Å². The highest BCUT2D eigenvalue weighted by molar-refractivity contribution is 5.97. The van der Waals surface area contributed by atoms with E-state index in [2.05, 4.69) is 34.4 Å². The number of hydroxylamine groups is 1. The Labute approximate surface area is 183 Å². The van der Waals surface area contributed by atoms with Gasteiger partial charge in [-0.05, 0) is 49.7 Å². The van der Waals surface area contributed by atoms with Crippen LogP contribution in [0.15, 0.2) is 42.6 Å². The number of unbranched alkanes of at least 4 members (excludes halogenated alkanes) is 1.